The number of nitrogens with zero attached hydrogens (tertiary/aromatic N) is 1. The maximum absolute atomic E-state index is 12.2. The molecule has 1 aliphatic carbocycles. The van der Waals surface area contributed by atoms with E-state index >= 15 is 0 Å². The molecule has 0 atom stereocenters. The number of carbonyl (C=O) groups is 1. The van der Waals surface area contributed by atoms with Crippen molar-refractivity contribution in [3.8, 4) is 0 Å². The third-order valence-corrected chi connectivity index (χ3v) is 3.66. The standard InChI is InChI=1S/C14H29N3O/c1-2-11-16-14(18)17(12-7-10-15)13-8-5-3-4-6-9-13/h13H,2-12,15H2,1H3,(H,16,18). The van der Waals surface area contributed by atoms with Crippen LogP contribution >= 0.6 is 0 Å². The average molecular weight is 255 g/mol. The van der Waals surface area contributed by atoms with Crippen molar-refractivity contribution in [2.45, 2.75) is 64.3 Å². The van der Waals surface area contributed by atoms with Gasteiger partial charge >= 0.3 is 6.03 Å². The molecule has 0 bridgehead atoms. The van der Waals surface area contributed by atoms with E-state index in [1.165, 1.54) is 25.7 Å². The van der Waals surface area contributed by atoms with Crippen molar-refractivity contribution in [2.24, 2.45) is 5.73 Å². The zero-order valence-electron chi connectivity index (χ0n) is 11.8. The fourth-order valence-corrected chi connectivity index (χ4v) is 2.61. The highest BCUT2D eigenvalue weighted by Crippen LogP contribution is 2.22. The summed E-state index contributed by atoms with van der Waals surface area (Å²) in [6.45, 7) is 4.31. The van der Waals surface area contributed by atoms with Crippen LogP contribution in [0.1, 0.15) is 58.3 Å². The second-order valence-electron chi connectivity index (χ2n) is 5.21. The van der Waals surface area contributed by atoms with Crippen LogP contribution in [-0.4, -0.2) is 36.6 Å². The summed E-state index contributed by atoms with van der Waals surface area (Å²) in [5.41, 5.74) is 5.58. The maximum atomic E-state index is 12.2. The molecule has 0 aromatic rings. The molecule has 0 heterocycles. The van der Waals surface area contributed by atoms with Crippen LogP contribution in [0.5, 0.6) is 0 Å². The Morgan fingerprint density at radius 3 is 2.50 bits per heavy atom. The molecule has 2 amide bonds. The number of nitrogens with two attached hydrogens (primary N) is 1. The van der Waals surface area contributed by atoms with Crippen LogP contribution in [0.2, 0.25) is 0 Å². The van der Waals surface area contributed by atoms with Crippen LogP contribution in [0.3, 0.4) is 0 Å². The number of rotatable bonds is 6. The first-order valence-corrected chi connectivity index (χ1v) is 7.54. The van der Waals surface area contributed by atoms with Crippen molar-refractivity contribution >= 4 is 6.03 Å². The van der Waals surface area contributed by atoms with Crippen LogP contribution in [-0.2, 0) is 0 Å². The molecule has 0 unspecified atom stereocenters. The summed E-state index contributed by atoms with van der Waals surface area (Å²) in [6, 6.07) is 0.535. The summed E-state index contributed by atoms with van der Waals surface area (Å²) < 4.78 is 0. The van der Waals surface area contributed by atoms with Gasteiger partial charge in [0.25, 0.3) is 0 Å². The minimum atomic E-state index is 0.109. The molecule has 0 aromatic carbocycles. The molecule has 4 nitrogen and oxygen atoms in total. The van der Waals surface area contributed by atoms with Crippen LogP contribution < -0.4 is 11.1 Å². The highest BCUT2D eigenvalue weighted by molar-refractivity contribution is 5.74. The Hall–Kier alpha value is -0.770. The molecule has 1 aliphatic rings. The van der Waals surface area contributed by atoms with Crippen LogP contribution in [0.4, 0.5) is 4.79 Å². The summed E-state index contributed by atoms with van der Waals surface area (Å²) in [5, 5.41) is 3.01. The predicted molar refractivity (Wildman–Crippen MR) is 75.6 cm³/mol. The second-order valence-corrected chi connectivity index (χ2v) is 5.21. The summed E-state index contributed by atoms with van der Waals surface area (Å²) in [5.74, 6) is 0. The first kappa shape index (κ1) is 15.3. The van der Waals surface area contributed by atoms with Gasteiger partial charge in [-0.3, -0.25) is 0 Å². The van der Waals surface area contributed by atoms with E-state index in [0.717, 1.165) is 38.8 Å². The molecule has 1 fully saturated rings. The van der Waals surface area contributed by atoms with E-state index in [4.69, 9.17) is 5.73 Å². The zero-order chi connectivity index (χ0) is 13.2. The molecule has 106 valence electrons. The molecule has 0 radical (unpaired) electrons. The highest BCUT2D eigenvalue weighted by Gasteiger charge is 2.23. The molecule has 1 saturated carbocycles. The number of hydrogen-bond donors (Lipinski definition) is 2. The quantitative estimate of drug-likeness (QED) is 0.716. The summed E-state index contributed by atoms with van der Waals surface area (Å²) in [4.78, 5) is 14.2. The van der Waals surface area contributed by atoms with Crippen LogP contribution in [0, 0.1) is 0 Å². The number of amides is 2. The molecule has 0 spiro atoms. The number of nitrogens with one attached hydrogen (secondary N) is 1. The van der Waals surface area contributed by atoms with Crippen molar-refractivity contribution in [1.82, 2.24) is 10.2 Å². The summed E-state index contributed by atoms with van der Waals surface area (Å²) in [7, 11) is 0. The topological polar surface area (TPSA) is 58.4 Å². The van der Waals surface area contributed by atoms with E-state index < -0.39 is 0 Å². The van der Waals surface area contributed by atoms with Gasteiger partial charge in [0.1, 0.15) is 0 Å². The number of urea groups is 1. The van der Waals surface area contributed by atoms with Gasteiger partial charge < -0.3 is 16.0 Å². The number of hydrogen-bond acceptors (Lipinski definition) is 2. The molecule has 0 saturated heterocycles. The Morgan fingerprint density at radius 2 is 1.94 bits per heavy atom. The van der Waals surface area contributed by atoms with E-state index in [2.05, 4.69) is 12.2 Å². The summed E-state index contributed by atoms with van der Waals surface area (Å²) >= 11 is 0. The van der Waals surface area contributed by atoms with Crippen molar-refractivity contribution in [3.63, 3.8) is 0 Å². The van der Waals surface area contributed by atoms with Gasteiger partial charge in [-0.15, -0.1) is 0 Å². The minimum absolute atomic E-state index is 0.109. The van der Waals surface area contributed by atoms with E-state index in [1.54, 1.807) is 0 Å². The maximum Gasteiger partial charge on any atom is 0.317 e. The Morgan fingerprint density at radius 1 is 1.28 bits per heavy atom. The number of carbonyl (C=O) groups excluding carboxylic acids is 1. The molecule has 0 aliphatic heterocycles. The van der Waals surface area contributed by atoms with Crippen LogP contribution in [0.15, 0.2) is 0 Å². The summed E-state index contributed by atoms with van der Waals surface area (Å²) in [6.07, 6.45) is 9.34. The van der Waals surface area contributed by atoms with Gasteiger partial charge in [0.15, 0.2) is 0 Å². The lowest BCUT2D eigenvalue weighted by atomic mass is 10.1. The van der Waals surface area contributed by atoms with Gasteiger partial charge in [0, 0.05) is 19.1 Å². The molecular weight excluding hydrogens is 226 g/mol. The van der Waals surface area contributed by atoms with Gasteiger partial charge in [-0.2, -0.15) is 0 Å². The largest absolute Gasteiger partial charge is 0.338 e. The van der Waals surface area contributed by atoms with Gasteiger partial charge in [0.05, 0.1) is 0 Å². The molecule has 3 N–H and O–H groups in total. The van der Waals surface area contributed by atoms with Crippen molar-refractivity contribution in [1.29, 1.82) is 0 Å². The normalized spacial score (nSPS) is 17.2. The Labute approximate surface area is 111 Å². The third-order valence-electron chi connectivity index (χ3n) is 3.66. The van der Waals surface area contributed by atoms with E-state index in [-0.39, 0.29) is 6.03 Å². The van der Waals surface area contributed by atoms with Crippen LogP contribution in [0.25, 0.3) is 0 Å². The van der Waals surface area contributed by atoms with E-state index in [1.807, 2.05) is 4.90 Å². The third kappa shape index (κ3) is 5.25. The fourth-order valence-electron chi connectivity index (χ4n) is 2.61. The fraction of sp³-hybridized carbons (Fsp3) is 0.929. The van der Waals surface area contributed by atoms with E-state index in [9.17, 15) is 4.79 Å². The molecule has 18 heavy (non-hydrogen) atoms. The van der Waals surface area contributed by atoms with Crippen molar-refractivity contribution in [3.05, 3.63) is 0 Å². The average Bonchev–Trinajstić information content (AvgIpc) is 2.66. The van der Waals surface area contributed by atoms with Gasteiger partial charge in [-0.05, 0) is 32.2 Å². The van der Waals surface area contributed by atoms with E-state index in [0.29, 0.717) is 12.6 Å². The predicted octanol–water partition coefficient (Wildman–Crippen LogP) is 2.48. The lowest BCUT2D eigenvalue weighted by Gasteiger charge is -2.31. The lowest BCUT2D eigenvalue weighted by molar-refractivity contribution is 0.166. The molecular formula is C14H29N3O. The zero-order valence-corrected chi connectivity index (χ0v) is 11.8. The van der Waals surface area contributed by atoms with Gasteiger partial charge in [-0.1, -0.05) is 32.6 Å². The van der Waals surface area contributed by atoms with Gasteiger partial charge in [-0.25, -0.2) is 4.79 Å². The first-order valence-electron chi connectivity index (χ1n) is 7.54. The van der Waals surface area contributed by atoms with Crippen molar-refractivity contribution < 1.29 is 4.79 Å². The first-order chi connectivity index (χ1) is 8.79. The highest BCUT2D eigenvalue weighted by atomic mass is 16.2. The lowest BCUT2D eigenvalue weighted by Crippen LogP contribution is -2.47. The van der Waals surface area contributed by atoms with Crippen molar-refractivity contribution in [2.75, 3.05) is 19.6 Å². The molecule has 4 heteroatoms. The Kier molecular flexibility index (Phi) is 7.81. The Bertz CT molecular complexity index is 225. The second kappa shape index (κ2) is 9.20. The monoisotopic (exact) mass is 255 g/mol. The van der Waals surface area contributed by atoms with Gasteiger partial charge in [0.2, 0.25) is 0 Å². The SMILES string of the molecule is CCCNC(=O)N(CCCN)C1CCCCCC1. The minimum Gasteiger partial charge on any atom is -0.338 e. The smallest absolute Gasteiger partial charge is 0.317 e. The Balaban J connectivity index is 2.53. The molecule has 1 rings (SSSR count). The molecule has 0 aromatic heterocycles.